The number of fused-ring (bicyclic) bond motifs is 1. The smallest absolute Gasteiger partial charge is 0.270 e. The van der Waals surface area contributed by atoms with E-state index in [0.717, 1.165) is 5.69 Å². The van der Waals surface area contributed by atoms with E-state index in [9.17, 15) is 17.8 Å². The molecule has 2 aromatic heterocycles. The van der Waals surface area contributed by atoms with Gasteiger partial charge in [-0.3, -0.25) is 9.35 Å². The van der Waals surface area contributed by atoms with Crippen LogP contribution in [-0.4, -0.2) is 71.8 Å². The minimum atomic E-state index is -4.27. The summed E-state index contributed by atoms with van der Waals surface area (Å²) >= 11 is 6.10. The Hall–Kier alpha value is -2.89. The van der Waals surface area contributed by atoms with Gasteiger partial charge in [0, 0.05) is 49.5 Å². The number of nitrogens with zero attached hydrogens (tertiary/aromatic N) is 5. The second-order valence-electron chi connectivity index (χ2n) is 7.39. The maximum Gasteiger partial charge on any atom is 0.270 e. The van der Waals surface area contributed by atoms with E-state index in [-0.39, 0.29) is 18.1 Å². The second kappa shape index (κ2) is 8.93. The Balaban J connectivity index is 1.45. The van der Waals surface area contributed by atoms with Gasteiger partial charge in [0.05, 0.1) is 17.8 Å². The van der Waals surface area contributed by atoms with E-state index in [1.54, 1.807) is 36.4 Å². The Morgan fingerprint density at radius 3 is 2.66 bits per heavy atom. The van der Waals surface area contributed by atoms with Crippen LogP contribution >= 0.6 is 11.6 Å². The molecule has 0 aliphatic carbocycles. The van der Waals surface area contributed by atoms with E-state index in [4.69, 9.17) is 16.3 Å². The van der Waals surface area contributed by atoms with Crippen LogP contribution < -0.4 is 9.64 Å². The van der Waals surface area contributed by atoms with Crippen LogP contribution in [-0.2, 0) is 27.2 Å². The number of halogens is 1. The predicted molar refractivity (Wildman–Crippen MR) is 120 cm³/mol. The van der Waals surface area contributed by atoms with Crippen LogP contribution in [0, 0.1) is 0 Å². The van der Waals surface area contributed by atoms with Crippen LogP contribution in [0.25, 0.3) is 11.0 Å². The van der Waals surface area contributed by atoms with E-state index >= 15 is 0 Å². The van der Waals surface area contributed by atoms with Gasteiger partial charge in [-0.05, 0) is 24.3 Å². The molecule has 0 spiro atoms. The third kappa shape index (κ3) is 4.79. The SMILES string of the molecule is COc1cc(N2CCN(C(=O)Cn3nc(CS(=O)(=O)O)c4cccnc43)CC2)ccc1Cl. The fourth-order valence-corrected chi connectivity index (χ4v) is 4.51. The number of amides is 1. The average Bonchev–Trinajstić information content (AvgIpc) is 3.10. The van der Waals surface area contributed by atoms with Gasteiger partial charge in [-0.1, -0.05) is 11.6 Å². The third-order valence-corrected chi connectivity index (χ3v) is 6.27. The molecule has 1 aliphatic heterocycles. The van der Waals surface area contributed by atoms with Crippen molar-refractivity contribution in [3.05, 3.63) is 47.2 Å². The molecule has 1 fully saturated rings. The van der Waals surface area contributed by atoms with E-state index in [0.29, 0.717) is 48.0 Å². The number of rotatable bonds is 6. The molecule has 12 heteroatoms. The number of hydrogen-bond acceptors (Lipinski definition) is 7. The quantitative estimate of drug-likeness (QED) is 0.532. The number of methoxy groups -OCH3 is 1. The number of carbonyl (C=O) groups is 1. The highest BCUT2D eigenvalue weighted by Gasteiger charge is 2.24. The molecule has 10 nitrogen and oxygen atoms in total. The van der Waals surface area contributed by atoms with Crippen LogP contribution in [0.3, 0.4) is 0 Å². The number of piperazine rings is 1. The minimum Gasteiger partial charge on any atom is -0.495 e. The lowest BCUT2D eigenvalue weighted by Gasteiger charge is -2.36. The normalized spacial score (nSPS) is 14.7. The molecule has 0 radical (unpaired) electrons. The Labute approximate surface area is 190 Å². The van der Waals surface area contributed by atoms with Gasteiger partial charge < -0.3 is 14.5 Å². The Kier molecular flexibility index (Phi) is 6.22. The fraction of sp³-hybridized carbons (Fsp3) is 0.350. The molecule has 4 rings (SSSR count). The molecule has 3 aromatic rings. The number of carbonyl (C=O) groups excluding carboxylic acids is 1. The standard InChI is InChI=1S/C20H22ClN5O5S/c1-31-18-11-14(4-5-16(18)21)24-7-9-25(10-8-24)19(27)12-26-20-15(3-2-6-22-20)17(23-26)13-32(28,29)30/h2-6,11H,7-10,12-13H2,1H3,(H,28,29,30). The summed E-state index contributed by atoms with van der Waals surface area (Å²) in [5.41, 5.74) is 1.52. The van der Waals surface area contributed by atoms with Crippen molar-refractivity contribution in [2.45, 2.75) is 12.3 Å². The average molecular weight is 480 g/mol. The van der Waals surface area contributed by atoms with Crippen molar-refractivity contribution >= 4 is 44.3 Å². The lowest BCUT2D eigenvalue weighted by atomic mass is 10.2. The number of hydrogen-bond donors (Lipinski definition) is 1. The maximum atomic E-state index is 12.9. The van der Waals surface area contributed by atoms with Crippen molar-refractivity contribution in [2.75, 3.05) is 38.2 Å². The highest BCUT2D eigenvalue weighted by atomic mass is 35.5. The summed E-state index contributed by atoms with van der Waals surface area (Å²) in [6, 6.07) is 8.89. The van der Waals surface area contributed by atoms with Gasteiger partial charge in [0.1, 0.15) is 18.0 Å². The monoisotopic (exact) mass is 479 g/mol. The molecule has 1 aliphatic rings. The van der Waals surface area contributed by atoms with E-state index in [1.165, 1.54) is 4.68 Å². The summed E-state index contributed by atoms with van der Waals surface area (Å²) in [7, 11) is -2.70. The molecule has 0 saturated carbocycles. The molecule has 1 saturated heterocycles. The highest BCUT2D eigenvalue weighted by molar-refractivity contribution is 7.85. The first-order valence-electron chi connectivity index (χ1n) is 9.87. The van der Waals surface area contributed by atoms with Crippen molar-refractivity contribution in [3.63, 3.8) is 0 Å². The molecular weight excluding hydrogens is 458 g/mol. The Bertz CT molecular complexity index is 1250. The lowest BCUT2D eigenvalue weighted by molar-refractivity contribution is -0.132. The zero-order valence-electron chi connectivity index (χ0n) is 17.3. The van der Waals surface area contributed by atoms with Crippen LogP contribution in [0.2, 0.25) is 5.02 Å². The molecular formula is C20H22ClN5O5S. The maximum absolute atomic E-state index is 12.9. The third-order valence-electron chi connectivity index (χ3n) is 5.32. The van der Waals surface area contributed by atoms with Crippen molar-refractivity contribution in [3.8, 4) is 5.75 Å². The number of pyridine rings is 1. The van der Waals surface area contributed by atoms with Gasteiger partial charge in [-0.25, -0.2) is 9.67 Å². The highest BCUT2D eigenvalue weighted by Crippen LogP contribution is 2.30. The molecule has 1 aromatic carbocycles. The number of aromatic nitrogens is 3. The van der Waals surface area contributed by atoms with Crippen LogP contribution in [0.15, 0.2) is 36.5 Å². The molecule has 0 unspecified atom stereocenters. The number of benzene rings is 1. The summed E-state index contributed by atoms with van der Waals surface area (Å²) in [6.07, 6.45) is 1.54. The minimum absolute atomic E-state index is 0.0756. The molecule has 1 N–H and O–H groups in total. The van der Waals surface area contributed by atoms with E-state index in [2.05, 4.69) is 15.0 Å². The largest absolute Gasteiger partial charge is 0.495 e. The van der Waals surface area contributed by atoms with Gasteiger partial charge in [-0.2, -0.15) is 13.5 Å². The van der Waals surface area contributed by atoms with Crippen LogP contribution in [0.4, 0.5) is 5.69 Å². The summed E-state index contributed by atoms with van der Waals surface area (Å²) in [5.74, 6) is -0.187. The van der Waals surface area contributed by atoms with Gasteiger partial charge in [0.25, 0.3) is 10.1 Å². The van der Waals surface area contributed by atoms with Crippen molar-refractivity contribution < 1.29 is 22.5 Å². The molecule has 170 valence electrons. The second-order valence-corrected chi connectivity index (χ2v) is 9.25. The summed E-state index contributed by atoms with van der Waals surface area (Å²) < 4.78 is 38.5. The van der Waals surface area contributed by atoms with Gasteiger partial charge >= 0.3 is 0 Å². The Morgan fingerprint density at radius 1 is 1.22 bits per heavy atom. The van der Waals surface area contributed by atoms with Gasteiger partial charge in [0.2, 0.25) is 5.91 Å². The van der Waals surface area contributed by atoms with Crippen molar-refractivity contribution in [1.82, 2.24) is 19.7 Å². The first kappa shape index (κ1) is 22.3. The zero-order chi connectivity index (χ0) is 22.9. The number of anilines is 1. The summed E-state index contributed by atoms with van der Waals surface area (Å²) in [5, 5.41) is 5.26. The van der Waals surface area contributed by atoms with Crippen molar-refractivity contribution in [2.24, 2.45) is 0 Å². The first-order chi connectivity index (χ1) is 15.2. The van der Waals surface area contributed by atoms with Crippen LogP contribution in [0.5, 0.6) is 5.75 Å². The summed E-state index contributed by atoms with van der Waals surface area (Å²) in [6.45, 7) is 2.25. The van der Waals surface area contributed by atoms with Gasteiger partial charge in [-0.15, -0.1) is 0 Å². The Morgan fingerprint density at radius 2 is 1.97 bits per heavy atom. The molecule has 1 amide bonds. The zero-order valence-corrected chi connectivity index (χ0v) is 18.9. The fourth-order valence-electron chi connectivity index (χ4n) is 3.75. The van der Waals surface area contributed by atoms with E-state index in [1.807, 2.05) is 12.1 Å². The van der Waals surface area contributed by atoms with Crippen LogP contribution in [0.1, 0.15) is 5.69 Å². The van der Waals surface area contributed by atoms with Gasteiger partial charge in [0.15, 0.2) is 5.65 Å². The number of ether oxygens (including phenoxy) is 1. The molecule has 0 atom stereocenters. The topological polar surface area (TPSA) is 118 Å². The van der Waals surface area contributed by atoms with Crippen molar-refractivity contribution in [1.29, 1.82) is 0 Å². The molecule has 3 heterocycles. The van der Waals surface area contributed by atoms with E-state index < -0.39 is 15.9 Å². The molecule has 32 heavy (non-hydrogen) atoms. The predicted octanol–water partition coefficient (Wildman–Crippen LogP) is 1.83. The lowest BCUT2D eigenvalue weighted by Crippen LogP contribution is -2.49. The first-order valence-corrected chi connectivity index (χ1v) is 11.9. The summed E-state index contributed by atoms with van der Waals surface area (Å²) in [4.78, 5) is 21.0. The molecule has 0 bridgehead atoms.